The SMILES string of the molecule is O=[N+]([O-])c1ccc(-c2csc(N/N=C/c3cccc(OCc4ccc(F)cc4)c3)n2)cc1. The van der Waals surface area contributed by atoms with Gasteiger partial charge in [-0.25, -0.2) is 9.37 Å². The first-order valence-corrected chi connectivity index (χ1v) is 10.4. The van der Waals surface area contributed by atoms with Crippen LogP contribution in [0.5, 0.6) is 5.75 Å². The monoisotopic (exact) mass is 448 g/mol. The summed E-state index contributed by atoms with van der Waals surface area (Å²) in [6.45, 7) is 0.337. The van der Waals surface area contributed by atoms with E-state index in [0.717, 1.165) is 16.7 Å². The molecular formula is C23H17FN4O3S. The highest BCUT2D eigenvalue weighted by atomic mass is 32.1. The van der Waals surface area contributed by atoms with Gasteiger partial charge in [0.15, 0.2) is 0 Å². The molecule has 4 aromatic rings. The van der Waals surface area contributed by atoms with Gasteiger partial charge in [-0.3, -0.25) is 15.5 Å². The summed E-state index contributed by atoms with van der Waals surface area (Å²) in [6, 6.07) is 19.8. The summed E-state index contributed by atoms with van der Waals surface area (Å²) < 4.78 is 18.7. The van der Waals surface area contributed by atoms with Crippen LogP contribution in [0.4, 0.5) is 15.2 Å². The molecule has 0 radical (unpaired) electrons. The van der Waals surface area contributed by atoms with Gasteiger partial charge in [-0.05, 0) is 47.5 Å². The molecule has 0 aliphatic rings. The van der Waals surface area contributed by atoms with Crippen LogP contribution in [0.2, 0.25) is 0 Å². The lowest BCUT2D eigenvalue weighted by Gasteiger charge is -2.07. The molecule has 3 aromatic carbocycles. The van der Waals surface area contributed by atoms with E-state index in [4.69, 9.17) is 4.74 Å². The molecule has 0 aliphatic carbocycles. The Kier molecular flexibility index (Phi) is 6.47. The van der Waals surface area contributed by atoms with Crippen LogP contribution in [0.1, 0.15) is 11.1 Å². The van der Waals surface area contributed by atoms with Crippen molar-refractivity contribution in [1.29, 1.82) is 0 Å². The van der Waals surface area contributed by atoms with Crippen molar-refractivity contribution in [3.8, 4) is 17.0 Å². The van der Waals surface area contributed by atoms with Crippen LogP contribution >= 0.6 is 11.3 Å². The maximum atomic E-state index is 13.0. The number of ether oxygens (including phenoxy) is 1. The van der Waals surface area contributed by atoms with Crippen molar-refractivity contribution in [2.75, 3.05) is 5.43 Å². The van der Waals surface area contributed by atoms with Crippen LogP contribution in [0.25, 0.3) is 11.3 Å². The molecule has 9 heteroatoms. The smallest absolute Gasteiger partial charge is 0.269 e. The van der Waals surface area contributed by atoms with Gasteiger partial charge in [0, 0.05) is 23.1 Å². The van der Waals surface area contributed by atoms with Crippen LogP contribution in [-0.4, -0.2) is 16.1 Å². The lowest BCUT2D eigenvalue weighted by Crippen LogP contribution is -1.96. The van der Waals surface area contributed by atoms with Crippen molar-refractivity contribution in [1.82, 2.24) is 4.98 Å². The zero-order valence-electron chi connectivity index (χ0n) is 16.6. The summed E-state index contributed by atoms with van der Waals surface area (Å²) >= 11 is 1.38. The lowest BCUT2D eigenvalue weighted by molar-refractivity contribution is -0.384. The van der Waals surface area contributed by atoms with E-state index in [-0.39, 0.29) is 11.5 Å². The number of hydrogen-bond acceptors (Lipinski definition) is 7. The van der Waals surface area contributed by atoms with E-state index in [1.165, 1.54) is 35.6 Å². The Hall–Kier alpha value is -4.11. The third kappa shape index (κ3) is 5.52. The van der Waals surface area contributed by atoms with Gasteiger partial charge in [0.1, 0.15) is 18.2 Å². The number of rotatable bonds is 8. The predicted molar refractivity (Wildman–Crippen MR) is 123 cm³/mol. The summed E-state index contributed by atoms with van der Waals surface area (Å²) in [5.41, 5.74) is 6.13. The lowest BCUT2D eigenvalue weighted by atomic mass is 10.1. The highest BCUT2D eigenvalue weighted by Crippen LogP contribution is 2.26. The molecule has 0 unspecified atom stereocenters. The molecule has 1 aromatic heterocycles. The van der Waals surface area contributed by atoms with E-state index in [1.807, 2.05) is 29.6 Å². The number of nitro benzene ring substituents is 1. The summed E-state index contributed by atoms with van der Waals surface area (Å²) in [6.07, 6.45) is 1.65. The highest BCUT2D eigenvalue weighted by Gasteiger charge is 2.08. The molecule has 4 rings (SSSR count). The van der Waals surface area contributed by atoms with Gasteiger partial charge >= 0.3 is 0 Å². The molecule has 0 fully saturated rings. The number of nitro groups is 1. The minimum Gasteiger partial charge on any atom is -0.489 e. The van der Waals surface area contributed by atoms with Gasteiger partial charge in [0.2, 0.25) is 5.13 Å². The average Bonchev–Trinajstić information content (AvgIpc) is 3.28. The summed E-state index contributed by atoms with van der Waals surface area (Å²) in [4.78, 5) is 14.8. The zero-order chi connectivity index (χ0) is 22.3. The Labute approximate surface area is 187 Å². The minimum atomic E-state index is -0.435. The largest absolute Gasteiger partial charge is 0.489 e. The molecule has 0 saturated carbocycles. The zero-order valence-corrected chi connectivity index (χ0v) is 17.5. The minimum absolute atomic E-state index is 0.0378. The number of hydrazone groups is 1. The van der Waals surface area contributed by atoms with Crippen molar-refractivity contribution in [2.45, 2.75) is 6.61 Å². The van der Waals surface area contributed by atoms with Gasteiger partial charge in [-0.15, -0.1) is 11.3 Å². The molecule has 32 heavy (non-hydrogen) atoms. The van der Waals surface area contributed by atoms with Crippen LogP contribution in [-0.2, 0) is 6.61 Å². The number of aromatic nitrogens is 1. The second kappa shape index (κ2) is 9.80. The van der Waals surface area contributed by atoms with E-state index < -0.39 is 4.92 Å². The fourth-order valence-corrected chi connectivity index (χ4v) is 3.47. The number of nitrogens with zero attached hydrogens (tertiary/aromatic N) is 3. The standard InChI is InChI=1S/C23H17FN4O3S/c24-19-8-4-16(5-9-19)14-31-21-3-1-2-17(12-21)13-25-27-23-26-22(15-32-23)18-6-10-20(11-7-18)28(29)30/h1-13,15H,14H2,(H,26,27)/b25-13+. The van der Waals surface area contributed by atoms with Gasteiger partial charge < -0.3 is 4.74 Å². The highest BCUT2D eigenvalue weighted by molar-refractivity contribution is 7.14. The first-order valence-electron chi connectivity index (χ1n) is 9.53. The Balaban J connectivity index is 1.34. The van der Waals surface area contributed by atoms with Gasteiger partial charge in [0.05, 0.1) is 16.8 Å². The number of benzene rings is 3. The molecule has 0 bridgehead atoms. The fraction of sp³-hybridized carbons (Fsp3) is 0.0435. The molecule has 0 amide bonds. The molecule has 0 spiro atoms. The number of non-ortho nitro benzene ring substituents is 1. The average molecular weight is 448 g/mol. The molecule has 0 saturated heterocycles. The van der Waals surface area contributed by atoms with E-state index in [2.05, 4.69) is 15.5 Å². The van der Waals surface area contributed by atoms with Crippen molar-refractivity contribution in [2.24, 2.45) is 5.10 Å². The van der Waals surface area contributed by atoms with Gasteiger partial charge in [-0.2, -0.15) is 5.10 Å². The summed E-state index contributed by atoms with van der Waals surface area (Å²) in [5.74, 6) is 0.396. The second-order valence-electron chi connectivity index (χ2n) is 6.70. The summed E-state index contributed by atoms with van der Waals surface area (Å²) in [5, 5.41) is 17.4. The normalized spacial score (nSPS) is 10.9. The molecular weight excluding hydrogens is 431 g/mol. The third-order valence-corrected chi connectivity index (χ3v) is 5.18. The second-order valence-corrected chi connectivity index (χ2v) is 7.56. The Morgan fingerprint density at radius 3 is 2.66 bits per heavy atom. The molecule has 0 atom stereocenters. The number of nitrogens with one attached hydrogen (secondary N) is 1. The Morgan fingerprint density at radius 1 is 1.12 bits per heavy atom. The van der Waals surface area contributed by atoms with E-state index in [0.29, 0.717) is 23.2 Å². The maximum absolute atomic E-state index is 13.0. The number of thiazole rings is 1. The van der Waals surface area contributed by atoms with Crippen molar-refractivity contribution in [3.63, 3.8) is 0 Å². The molecule has 1 N–H and O–H groups in total. The van der Waals surface area contributed by atoms with Crippen molar-refractivity contribution in [3.05, 3.63) is 105 Å². The van der Waals surface area contributed by atoms with E-state index >= 15 is 0 Å². The van der Waals surface area contributed by atoms with Crippen LogP contribution < -0.4 is 10.2 Å². The predicted octanol–water partition coefficient (Wildman–Crippen LogP) is 5.88. The summed E-state index contributed by atoms with van der Waals surface area (Å²) in [7, 11) is 0. The maximum Gasteiger partial charge on any atom is 0.269 e. The number of halogens is 1. The van der Waals surface area contributed by atoms with E-state index in [1.54, 1.807) is 30.5 Å². The number of anilines is 1. The quantitative estimate of drug-likeness (QED) is 0.206. The van der Waals surface area contributed by atoms with Crippen LogP contribution in [0.15, 0.2) is 83.3 Å². The van der Waals surface area contributed by atoms with Crippen molar-refractivity contribution < 1.29 is 14.1 Å². The van der Waals surface area contributed by atoms with Gasteiger partial charge in [-0.1, -0.05) is 24.3 Å². The molecule has 7 nitrogen and oxygen atoms in total. The molecule has 1 heterocycles. The molecule has 160 valence electrons. The van der Waals surface area contributed by atoms with Crippen molar-refractivity contribution >= 4 is 28.4 Å². The topological polar surface area (TPSA) is 89.7 Å². The third-order valence-electron chi connectivity index (χ3n) is 4.43. The first kappa shape index (κ1) is 21.1. The Morgan fingerprint density at radius 2 is 1.91 bits per heavy atom. The van der Waals surface area contributed by atoms with Gasteiger partial charge in [0.25, 0.3) is 5.69 Å². The Bertz CT molecular complexity index is 1240. The van der Waals surface area contributed by atoms with Crippen LogP contribution in [0.3, 0.4) is 0 Å². The van der Waals surface area contributed by atoms with E-state index in [9.17, 15) is 14.5 Å². The van der Waals surface area contributed by atoms with Crippen LogP contribution in [0, 0.1) is 15.9 Å². The molecule has 0 aliphatic heterocycles. The fourth-order valence-electron chi connectivity index (χ4n) is 2.81. The first-order chi connectivity index (χ1) is 15.6. The number of hydrogen-bond donors (Lipinski definition) is 1.